The van der Waals surface area contributed by atoms with Gasteiger partial charge in [0, 0.05) is 24.9 Å². The third-order valence-electron chi connectivity index (χ3n) is 4.76. The van der Waals surface area contributed by atoms with Gasteiger partial charge in [-0.2, -0.15) is 0 Å². The molecule has 1 fully saturated rings. The lowest BCUT2D eigenvalue weighted by Crippen LogP contribution is -2.29. The Bertz CT molecular complexity index is 1090. The van der Waals surface area contributed by atoms with E-state index in [-0.39, 0.29) is 36.3 Å². The molecule has 0 atom stereocenters. The number of phenols is 1. The van der Waals surface area contributed by atoms with Crippen LogP contribution in [0.3, 0.4) is 0 Å². The van der Waals surface area contributed by atoms with Crippen LogP contribution in [0.4, 0.5) is 5.69 Å². The maximum Gasteiger partial charge on any atom is 0.251 e. The maximum atomic E-state index is 12.5. The first-order valence-corrected chi connectivity index (χ1v) is 8.97. The normalized spacial score (nSPS) is 13.9. The molecular formula is C22H18N2O4. The number of hydrogen-bond donors (Lipinski definition) is 2. The van der Waals surface area contributed by atoms with Crippen LogP contribution >= 0.6 is 0 Å². The van der Waals surface area contributed by atoms with Crippen LogP contribution < -0.4 is 10.2 Å². The quantitative estimate of drug-likeness (QED) is 0.687. The second-order valence-corrected chi connectivity index (χ2v) is 6.72. The second-order valence-electron chi connectivity index (χ2n) is 6.72. The van der Waals surface area contributed by atoms with Gasteiger partial charge in [-0.1, -0.05) is 24.3 Å². The summed E-state index contributed by atoms with van der Waals surface area (Å²) in [5.41, 5.74) is 1.73. The van der Waals surface area contributed by atoms with Crippen molar-refractivity contribution in [3.8, 4) is 5.75 Å². The van der Waals surface area contributed by atoms with Crippen LogP contribution in [0.2, 0.25) is 0 Å². The van der Waals surface area contributed by atoms with Crippen molar-refractivity contribution in [1.82, 2.24) is 5.32 Å². The number of aromatic hydroxyl groups is 1. The SMILES string of the molecule is O=C(NCc1ccc2cc(O)ccc2c1)c1cccc(N2C(=O)CCC2=O)c1. The molecule has 6 nitrogen and oxygen atoms in total. The zero-order chi connectivity index (χ0) is 19.7. The van der Waals surface area contributed by atoms with E-state index < -0.39 is 0 Å². The number of imide groups is 1. The van der Waals surface area contributed by atoms with Crippen molar-refractivity contribution < 1.29 is 19.5 Å². The van der Waals surface area contributed by atoms with Crippen molar-refractivity contribution in [2.45, 2.75) is 19.4 Å². The molecule has 0 saturated carbocycles. The number of rotatable bonds is 4. The van der Waals surface area contributed by atoms with Crippen LogP contribution in [0.25, 0.3) is 10.8 Å². The Hall–Kier alpha value is -3.67. The van der Waals surface area contributed by atoms with Crippen LogP contribution in [0.1, 0.15) is 28.8 Å². The van der Waals surface area contributed by atoms with E-state index >= 15 is 0 Å². The van der Waals surface area contributed by atoms with E-state index in [1.807, 2.05) is 24.3 Å². The Morgan fingerprint density at radius 3 is 2.43 bits per heavy atom. The van der Waals surface area contributed by atoms with Gasteiger partial charge < -0.3 is 10.4 Å². The van der Waals surface area contributed by atoms with E-state index in [0.717, 1.165) is 21.2 Å². The summed E-state index contributed by atoms with van der Waals surface area (Å²) in [5.74, 6) is -0.565. The Labute approximate surface area is 161 Å². The van der Waals surface area contributed by atoms with Gasteiger partial charge in [-0.3, -0.25) is 19.3 Å². The van der Waals surface area contributed by atoms with E-state index in [1.54, 1.807) is 36.4 Å². The highest BCUT2D eigenvalue weighted by atomic mass is 16.3. The van der Waals surface area contributed by atoms with E-state index in [1.165, 1.54) is 0 Å². The van der Waals surface area contributed by atoms with Gasteiger partial charge in [0.05, 0.1) is 5.69 Å². The fourth-order valence-electron chi connectivity index (χ4n) is 3.33. The van der Waals surface area contributed by atoms with Gasteiger partial charge in [0.2, 0.25) is 11.8 Å². The van der Waals surface area contributed by atoms with E-state index in [2.05, 4.69) is 5.32 Å². The molecule has 1 heterocycles. The number of carbonyl (C=O) groups is 3. The number of anilines is 1. The standard InChI is InChI=1S/C22H18N2O4/c25-19-7-6-15-10-14(4-5-16(15)12-19)13-23-22(28)17-2-1-3-18(11-17)24-20(26)8-9-21(24)27/h1-7,10-12,25H,8-9,13H2,(H,23,28). The smallest absolute Gasteiger partial charge is 0.251 e. The fourth-order valence-corrected chi connectivity index (χ4v) is 3.33. The Kier molecular flexibility index (Phi) is 4.53. The molecule has 28 heavy (non-hydrogen) atoms. The van der Waals surface area contributed by atoms with Gasteiger partial charge in [-0.05, 0) is 52.7 Å². The van der Waals surface area contributed by atoms with E-state index in [4.69, 9.17) is 0 Å². The lowest BCUT2D eigenvalue weighted by Gasteiger charge is -2.15. The highest BCUT2D eigenvalue weighted by molar-refractivity contribution is 6.20. The van der Waals surface area contributed by atoms with Crippen LogP contribution in [-0.2, 0) is 16.1 Å². The average Bonchev–Trinajstić information content (AvgIpc) is 3.04. The Morgan fingerprint density at radius 2 is 1.64 bits per heavy atom. The number of carbonyl (C=O) groups excluding carboxylic acids is 3. The minimum atomic E-state index is -0.285. The lowest BCUT2D eigenvalue weighted by molar-refractivity contribution is -0.121. The summed E-state index contributed by atoms with van der Waals surface area (Å²) >= 11 is 0. The van der Waals surface area contributed by atoms with Crippen molar-refractivity contribution >= 4 is 34.2 Å². The summed E-state index contributed by atoms with van der Waals surface area (Å²) < 4.78 is 0. The molecule has 140 valence electrons. The van der Waals surface area contributed by atoms with Crippen molar-refractivity contribution in [1.29, 1.82) is 0 Å². The molecule has 2 N–H and O–H groups in total. The van der Waals surface area contributed by atoms with Gasteiger partial charge in [-0.25, -0.2) is 0 Å². The van der Waals surface area contributed by atoms with Crippen LogP contribution in [0.15, 0.2) is 60.7 Å². The summed E-state index contributed by atoms with van der Waals surface area (Å²) in [6, 6.07) is 17.4. The van der Waals surface area contributed by atoms with E-state index in [9.17, 15) is 19.5 Å². The molecule has 0 unspecified atom stereocenters. The summed E-state index contributed by atoms with van der Waals surface area (Å²) in [5, 5.41) is 14.3. The molecular weight excluding hydrogens is 356 g/mol. The van der Waals surface area contributed by atoms with Gasteiger partial charge in [0.15, 0.2) is 0 Å². The zero-order valence-corrected chi connectivity index (χ0v) is 15.0. The molecule has 3 amide bonds. The minimum Gasteiger partial charge on any atom is -0.508 e. The van der Waals surface area contributed by atoms with Gasteiger partial charge >= 0.3 is 0 Å². The number of hydrogen-bond acceptors (Lipinski definition) is 4. The van der Waals surface area contributed by atoms with E-state index in [0.29, 0.717) is 17.8 Å². The third-order valence-corrected chi connectivity index (χ3v) is 4.76. The van der Waals surface area contributed by atoms with Crippen LogP contribution in [-0.4, -0.2) is 22.8 Å². The third kappa shape index (κ3) is 3.44. The molecule has 1 saturated heterocycles. The van der Waals surface area contributed by atoms with Crippen molar-refractivity contribution in [2.75, 3.05) is 4.90 Å². The number of nitrogens with zero attached hydrogens (tertiary/aromatic N) is 1. The lowest BCUT2D eigenvalue weighted by atomic mass is 10.1. The van der Waals surface area contributed by atoms with Gasteiger partial charge in [0.25, 0.3) is 5.91 Å². The number of benzene rings is 3. The monoisotopic (exact) mass is 374 g/mol. The highest BCUT2D eigenvalue weighted by Crippen LogP contribution is 2.24. The van der Waals surface area contributed by atoms with Gasteiger partial charge in [0.1, 0.15) is 5.75 Å². The first-order valence-electron chi connectivity index (χ1n) is 8.97. The van der Waals surface area contributed by atoms with Crippen molar-refractivity contribution in [3.05, 3.63) is 71.8 Å². The summed E-state index contributed by atoms with van der Waals surface area (Å²) in [7, 11) is 0. The molecule has 6 heteroatoms. The number of nitrogens with one attached hydrogen (secondary N) is 1. The highest BCUT2D eigenvalue weighted by Gasteiger charge is 2.30. The molecule has 0 aliphatic carbocycles. The number of fused-ring (bicyclic) bond motifs is 1. The molecule has 3 aromatic carbocycles. The fraction of sp³-hybridized carbons (Fsp3) is 0.136. The zero-order valence-electron chi connectivity index (χ0n) is 15.0. The molecule has 1 aliphatic rings. The van der Waals surface area contributed by atoms with Crippen LogP contribution in [0.5, 0.6) is 5.75 Å². The van der Waals surface area contributed by atoms with Gasteiger partial charge in [-0.15, -0.1) is 0 Å². The predicted octanol–water partition coefficient (Wildman–Crippen LogP) is 3.13. The Balaban J connectivity index is 1.48. The second kappa shape index (κ2) is 7.15. The largest absolute Gasteiger partial charge is 0.508 e. The Morgan fingerprint density at radius 1 is 0.929 bits per heavy atom. The maximum absolute atomic E-state index is 12.5. The summed E-state index contributed by atoms with van der Waals surface area (Å²) in [6.45, 7) is 0.335. The molecule has 0 aromatic heterocycles. The molecule has 0 bridgehead atoms. The first-order chi connectivity index (χ1) is 13.5. The number of amides is 3. The number of phenolic OH excluding ortho intramolecular Hbond substituents is 1. The van der Waals surface area contributed by atoms with Crippen molar-refractivity contribution in [2.24, 2.45) is 0 Å². The topological polar surface area (TPSA) is 86.7 Å². The summed E-state index contributed by atoms with van der Waals surface area (Å²) in [4.78, 5) is 37.4. The molecule has 0 spiro atoms. The first kappa shape index (κ1) is 17.7. The minimum absolute atomic E-state index is 0.203. The molecule has 3 aromatic rings. The van der Waals surface area contributed by atoms with Crippen LogP contribution in [0, 0.1) is 0 Å². The van der Waals surface area contributed by atoms with Crippen molar-refractivity contribution in [3.63, 3.8) is 0 Å². The molecule has 4 rings (SSSR count). The average molecular weight is 374 g/mol. The predicted molar refractivity (Wildman–Crippen MR) is 105 cm³/mol. The molecule has 1 aliphatic heterocycles. The molecule has 0 radical (unpaired) electrons. The summed E-state index contributed by atoms with van der Waals surface area (Å²) in [6.07, 6.45) is 0.407.